The molecule has 0 unspecified atom stereocenters. The van der Waals surface area contributed by atoms with Gasteiger partial charge in [-0.2, -0.15) is 0 Å². The van der Waals surface area contributed by atoms with E-state index in [1.54, 1.807) is 28.4 Å². The fourth-order valence-electron chi connectivity index (χ4n) is 3.94. The second kappa shape index (κ2) is 19.9. The predicted octanol–water partition coefficient (Wildman–Crippen LogP) is 7.96. The Balaban J connectivity index is 3.23. The molecule has 182 valence electrons. The first-order valence-corrected chi connectivity index (χ1v) is 17.7. The van der Waals surface area contributed by atoms with E-state index >= 15 is 0 Å². The molecule has 0 heterocycles. The van der Waals surface area contributed by atoms with Crippen molar-refractivity contribution >= 4 is 17.1 Å². The summed E-state index contributed by atoms with van der Waals surface area (Å²) in [6, 6.07) is 2.26. The molecule has 0 aromatic heterocycles. The number of unbranched alkanes of at least 4 members (excludes halogenated alkanes) is 15. The Bertz CT molecular complexity index is 327. The summed E-state index contributed by atoms with van der Waals surface area (Å²) in [5.41, 5.74) is 0. The molecule has 30 heavy (non-hydrogen) atoms. The second-order valence-electron chi connectivity index (χ2n) is 9.24. The van der Waals surface area contributed by atoms with Crippen LogP contribution in [0.2, 0.25) is 25.2 Å². The maximum Gasteiger partial charge on any atom is 0.334 e. The summed E-state index contributed by atoms with van der Waals surface area (Å²) in [7, 11) is 3.52. The molecule has 0 saturated heterocycles. The molecule has 0 amide bonds. The number of hydrogen-bond donors (Lipinski definition) is 0. The highest BCUT2D eigenvalue weighted by Gasteiger charge is 2.28. The van der Waals surface area contributed by atoms with Crippen LogP contribution in [0, 0.1) is 0 Å². The van der Waals surface area contributed by atoms with Gasteiger partial charge in [0.1, 0.15) is 0 Å². The van der Waals surface area contributed by atoms with Crippen molar-refractivity contribution in [1.29, 1.82) is 0 Å². The van der Waals surface area contributed by atoms with Crippen molar-refractivity contribution in [1.82, 2.24) is 0 Å². The minimum absolute atomic E-state index is 1.13. The van der Waals surface area contributed by atoms with Crippen molar-refractivity contribution in [2.75, 3.05) is 28.4 Å². The third kappa shape index (κ3) is 16.9. The lowest BCUT2D eigenvalue weighted by atomic mass is 10.0. The fourth-order valence-corrected chi connectivity index (χ4v) is 6.88. The maximum atomic E-state index is 5.54. The Morgan fingerprint density at radius 2 is 0.500 bits per heavy atom. The molecule has 0 saturated carbocycles. The van der Waals surface area contributed by atoms with Crippen LogP contribution < -0.4 is 0 Å². The highest BCUT2D eigenvalue weighted by molar-refractivity contribution is 6.66. The normalized spacial score (nSPS) is 12.6. The third-order valence-corrected chi connectivity index (χ3v) is 12.7. The second-order valence-corrected chi connectivity index (χ2v) is 16.4. The van der Waals surface area contributed by atoms with E-state index in [1.165, 1.54) is 103 Å². The van der Waals surface area contributed by atoms with E-state index in [9.17, 15) is 0 Å². The van der Waals surface area contributed by atoms with Crippen molar-refractivity contribution in [3.63, 3.8) is 0 Å². The molecular weight excluding hydrogens is 408 g/mol. The molecule has 0 spiro atoms. The summed E-state index contributed by atoms with van der Waals surface area (Å²) in [5, 5.41) is 0. The molecule has 0 aliphatic carbocycles. The summed E-state index contributed by atoms with van der Waals surface area (Å²) in [5.74, 6) is 0. The molecule has 0 fully saturated rings. The van der Waals surface area contributed by atoms with Gasteiger partial charge in [-0.1, -0.05) is 103 Å². The van der Waals surface area contributed by atoms with Crippen molar-refractivity contribution < 1.29 is 17.7 Å². The lowest BCUT2D eigenvalue weighted by Gasteiger charge is -2.22. The van der Waals surface area contributed by atoms with Crippen LogP contribution in [-0.4, -0.2) is 45.6 Å². The van der Waals surface area contributed by atoms with Gasteiger partial charge in [-0.15, -0.1) is 0 Å². The minimum atomic E-state index is -1.82. The smallest absolute Gasteiger partial charge is 0.334 e. The quantitative estimate of drug-likeness (QED) is 0.114. The molecule has 6 heteroatoms. The van der Waals surface area contributed by atoms with Crippen LogP contribution in [0.15, 0.2) is 0 Å². The molecule has 0 aliphatic heterocycles. The number of hydrogen-bond acceptors (Lipinski definition) is 4. The summed E-state index contributed by atoms with van der Waals surface area (Å²) in [6.07, 6.45) is 22.1. The van der Waals surface area contributed by atoms with E-state index in [1.807, 2.05) is 0 Å². The molecule has 4 nitrogen and oxygen atoms in total. The standard InChI is InChI=1S/C24H54O4Si2/c1-25-29(5,26-2)23-21-19-17-15-13-11-9-7-8-10-12-14-16-18-20-22-24-30(6,27-3)28-4/h7-24H2,1-6H3. The Labute approximate surface area is 191 Å². The molecule has 0 aliphatic rings. The van der Waals surface area contributed by atoms with E-state index in [0.717, 1.165) is 12.1 Å². The van der Waals surface area contributed by atoms with Crippen LogP contribution in [0.4, 0.5) is 0 Å². The fraction of sp³-hybridized carbons (Fsp3) is 1.00. The highest BCUT2D eigenvalue weighted by Crippen LogP contribution is 2.19. The SMILES string of the molecule is CO[Si](C)(CCCCCCCCCCCCCCCCCC[Si](C)(OC)OC)OC. The van der Waals surface area contributed by atoms with E-state index in [2.05, 4.69) is 13.1 Å². The first-order chi connectivity index (χ1) is 14.4. The zero-order chi connectivity index (χ0) is 22.6. The van der Waals surface area contributed by atoms with Gasteiger partial charge in [-0.3, -0.25) is 0 Å². The molecule has 0 bridgehead atoms. The topological polar surface area (TPSA) is 36.9 Å². The molecule has 0 rings (SSSR count). The number of rotatable bonds is 23. The lowest BCUT2D eigenvalue weighted by molar-refractivity contribution is 0.247. The zero-order valence-corrected chi connectivity index (χ0v) is 23.4. The van der Waals surface area contributed by atoms with Crippen LogP contribution >= 0.6 is 0 Å². The Kier molecular flexibility index (Phi) is 20.1. The summed E-state index contributed by atoms with van der Waals surface area (Å²) >= 11 is 0. The van der Waals surface area contributed by atoms with Crippen molar-refractivity contribution in [3.05, 3.63) is 0 Å². The van der Waals surface area contributed by atoms with Crippen LogP contribution in [0.25, 0.3) is 0 Å². The lowest BCUT2D eigenvalue weighted by Crippen LogP contribution is -2.35. The van der Waals surface area contributed by atoms with Gasteiger partial charge in [0.2, 0.25) is 0 Å². The molecule has 0 atom stereocenters. The first kappa shape index (κ1) is 30.3. The average molecular weight is 463 g/mol. The molecular formula is C24H54O4Si2. The van der Waals surface area contributed by atoms with Crippen molar-refractivity contribution in [3.8, 4) is 0 Å². The van der Waals surface area contributed by atoms with Gasteiger partial charge in [0, 0.05) is 28.4 Å². The van der Waals surface area contributed by atoms with Gasteiger partial charge in [0.25, 0.3) is 0 Å². The Hall–Kier alpha value is 0.274. The zero-order valence-electron chi connectivity index (χ0n) is 21.4. The third-order valence-electron chi connectivity index (χ3n) is 6.74. The largest absolute Gasteiger partial charge is 0.398 e. The van der Waals surface area contributed by atoms with Gasteiger partial charge in [-0.05, 0) is 25.2 Å². The highest BCUT2D eigenvalue weighted by atomic mass is 28.4. The van der Waals surface area contributed by atoms with E-state index < -0.39 is 17.1 Å². The van der Waals surface area contributed by atoms with E-state index in [0.29, 0.717) is 0 Å². The van der Waals surface area contributed by atoms with Gasteiger partial charge in [0.05, 0.1) is 0 Å². The first-order valence-electron chi connectivity index (χ1n) is 12.7. The Morgan fingerprint density at radius 3 is 0.667 bits per heavy atom. The molecule has 0 radical (unpaired) electrons. The van der Waals surface area contributed by atoms with Gasteiger partial charge in [0.15, 0.2) is 0 Å². The van der Waals surface area contributed by atoms with E-state index in [4.69, 9.17) is 17.7 Å². The van der Waals surface area contributed by atoms with Crippen molar-refractivity contribution in [2.45, 2.75) is 128 Å². The summed E-state index contributed by atoms with van der Waals surface area (Å²) in [4.78, 5) is 0. The van der Waals surface area contributed by atoms with Gasteiger partial charge in [-0.25, -0.2) is 0 Å². The monoisotopic (exact) mass is 462 g/mol. The average Bonchev–Trinajstić information content (AvgIpc) is 2.77. The molecule has 0 N–H and O–H groups in total. The van der Waals surface area contributed by atoms with E-state index in [-0.39, 0.29) is 0 Å². The molecule has 0 aromatic carbocycles. The van der Waals surface area contributed by atoms with Gasteiger partial charge < -0.3 is 17.7 Å². The maximum absolute atomic E-state index is 5.54. The van der Waals surface area contributed by atoms with Gasteiger partial charge >= 0.3 is 17.1 Å². The van der Waals surface area contributed by atoms with Crippen LogP contribution in [0.1, 0.15) is 103 Å². The minimum Gasteiger partial charge on any atom is -0.398 e. The van der Waals surface area contributed by atoms with Crippen LogP contribution in [0.5, 0.6) is 0 Å². The van der Waals surface area contributed by atoms with Crippen molar-refractivity contribution in [2.24, 2.45) is 0 Å². The Morgan fingerprint density at radius 1 is 0.333 bits per heavy atom. The molecule has 0 aromatic rings. The van der Waals surface area contributed by atoms with Crippen LogP contribution in [0.3, 0.4) is 0 Å². The summed E-state index contributed by atoms with van der Waals surface area (Å²) < 4.78 is 22.2. The van der Waals surface area contributed by atoms with Crippen LogP contribution in [-0.2, 0) is 17.7 Å². The predicted molar refractivity (Wildman–Crippen MR) is 135 cm³/mol. The summed E-state index contributed by atoms with van der Waals surface area (Å²) in [6.45, 7) is 4.33.